The Hall–Kier alpha value is -1.64. The molecule has 2 rings (SSSR count). The van der Waals surface area contributed by atoms with Crippen molar-refractivity contribution < 1.29 is 23.1 Å². The lowest BCUT2D eigenvalue weighted by molar-refractivity contribution is -0.0440. The quantitative estimate of drug-likeness (QED) is 0.815. The molecule has 0 saturated carbocycles. The zero-order chi connectivity index (χ0) is 17.0. The van der Waals surface area contributed by atoms with Crippen molar-refractivity contribution in [2.75, 3.05) is 25.4 Å². The van der Waals surface area contributed by atoms with Crippen LogP contribution in [0, 0.1) is 0 Å². The lowest BCUT2D eigenvalue weighted by Crippen LogP contribution is -2.49. The van der Waals surface area contributed by atoms with Gasteiger partial charge < -0.3 is 15.2 Å². The van der Waals surface area contributed by atoms with Crippen LogP contribution in [0.4, 0.5) is 0 Å². The molecule has 2 N–H and O–H groups in total. The summed E-state index contributed by atoms with van der Waals surface area (Å²) in [6, 6.07) is 6.12. The van der Waals surface area contributed by atoms with Crippen LogP contribution in [0.25, 0.3) is 0 Å². The second-order valence-corrected chi connectivity index (χ2v) is 7.75. The van der Waals surface area contributed by atoms with Crippen molar-refractivity contribution in [2.24, 2.45) is 0 Å². The minimum Gasteiger partial charge on any atom is -0.507 e. The van der Waals surface area contributed by atoms with Gasteiger partial charge >= 0.3 is 0 Å². The molecule has 23 heavy (non-hydrogen) atoms. The molecule has 1 aromatic carbocycles. The summed E-state index contributed by atoms with van der Waals surface area (Å²) in [5, 5.41) is 12.1. The number of hydrogen-bond donors (Lipinski definition) is 2. The van der Waals surface area contributed by atoms with E-state index in [-0.39, 0.29) is 35.8 Å². The Morgan fingerprint density at radius 2 is 1.91 bits per heavy atom. The fraction of sp³-hybridized carbons (Fsp3) is 0.533. The SMILES string of the molecule is C[C@H]1CN(S(=O)(=O)CCNC(=O)c2ccccc2O)C[C@H](C)O1. The molecule has 1 aromatic rings. The molecule has 0 radical (unpaired) electrons. The second-order valence-electron chi connectivity index (χ2n) is 5.66. The number of carbonyl (C=O) groups is 1. The third-order valence-corrected chi connectivity index (χ3v) is 5.38. The summed E-state index contributed by atoms with van der Waals surface area (Å²) in [6.07, 6.45) is -0.297. The van der Waals surface area contributed by atoms with Gasteiger partial charge in [-0.05, 0) is 26.0 Å². The van der Waals surface area contributed by atoms with Gasteiger partial charge in [0.15, 0.2) is 0 Å². The summed E-state index contributed by atoms with van der Waals surface area (Å²) in [5.74, 6) is -0.822. The number of carbonyl (C=O) groups excluding carboxylic acids is 1. The number of ether oxygens (including phenoxy) is 1. The predicted octanol–water partition coefficient (Wildman–Crippen LogP) is 0.561. The van der Waals surface area contributed by atoms with E-state index >= 15 is 0 Å². The topological polar surface area (TPSA) is 95.9 Å². The number of sulfonamides is 1. The normalized spacial score (nSPS) is 22.7. The number of rotatable bonds is 5. The van der Waals surface area contributed by atoms with Crippen molar-refractivity contribution in [3.63, 3.8) is 0 Å². The molecular formula is C15H22N2O5S. The first-order valence-corrected chi connectivity index (χ1v) is 9.10. The largest absolute Gasteiger partial charge is 0.507 e. The molecule has 0 unspecified atom stereocenters. The minimum absolute atomic E-state index is 0.0182. The molecule has 1 aliphatic heterocycles. The van der Waals surface area contributed by atoms with Gasteiger partial charge in [0.25, 0.3) is 5.91 Å². The zero-order valence-corrected chi connectivity index (χ0v) is 14.0. The number of phenolic OH excluding ortho intramolecular Hbond substituents is 1. The number of para-hydroxylation sites is 1. The minimum atomic E-state index is -3.46. The monoisotopic (exact) mass is 342 g/mol. The van der Waals surface area contributed by atoms with Crippen molar-refractivity contribution >= 4 is 15.9 Å². The van der Waals surface area contributed by atoms with Crippen LogP contribution >= 0.6 is 0 Å². The molecule has 7 nitrogen and oxygen atoms in total. The predicted molar refractivity (Wildman–Crippen MR) is 85.8 cm³/mol. The number of benzene rings is 1. The average Bonchev–Trinajstić information content (AvgIpc) is 2.46. The Kier molecular flexibility index (Phi) is 5.61. The first kappa shape index (κ1) is 17.7. The molecule has 0 spiro atoms. The van der Waals surface area contributed by atoms with Gasteiger partial charge in [-0.3, -0.25) is 4.79 Å². The van der Waals surface area contributed by atoms with Crippen molar-refractivity contribution in [1.29, 1.82) is 0 Å². The Morgan fingerprint density at radius 1 is 1.30 bits per heavy atom. The third kappa shape index (κ3) is 4.66. The highest BCUT2D eigenvalue weighted by atomic mass is 32.2. The number of hydrogen-bond acceptors (Lipinski definition) is 5. The first-order valence-electron chi connectivity index (χ1n) is 7.49. The molecule has 1 aliphatic rings. The number of nitrogens with zero attached hydrogens (tertiary/aromatic N) is 1. The maximum atomic E-state index is 12.3. The van der Waals surface area contributed by atoms with E-state index in [4.69, 9.17) is 4.74 Å². The summed E-state index contributed by atoms with van der Waals surface area (Å²) in [7, 11) is -3.46. The molecule has 1 saturated heterocycles. The molecule has 0 bridgehead atoms. The fourth-order valence-electron chi connectivity index (χ4n) is 2.54. The summed E-state index contributed by atoms with van der Waals surface area (Å²) < 4.78 is 31.6. The van der Waals surface area contributed by atoms with E-state index in [1.165, 1.54) is 16.4 Å². The van der Waals surface area contributed by atoms with Gasteiger partial charge in [0.05, 0.1) is 23.5 Å². The van der Waals surface area contributed by atoms with Gasteiger partial charge in [0.1, 0.15) is 5.75 Å². The van der Waals surface area contributed by atoms with E-state index in [9.17, 15) is 18.3 Å². The van der Waals surface area contributed by atoms with Crippen LogP contribution in [0.5, 0.6) is 5.75 Å². The molecule has 1 fully saturated rings. The summed E-state index contributed by atoms with van der Waals surface area (Å²) in [6.45, 7) is 4.28. The van der Waals surface area contributed by atoms with Crippen LogP contribution in [0.2, 0.25) is 0 Å². The summed E-state index contributed by atoms with van der Waals surface area (Å²) >= 11 is 0. The van der Waals surface area contributed by atoms with Gasteiger partial charge in [-0.25, -0.2) is 8.42 Å². The second kappa shape index (κ2) is 7.29. The highest BCUT2D eigenvalue weighted by Gasteiger charge is 2.30. The lowest BCUT2D eigenvalue weighted by Gasteiger charge is -2.34. The summed E-state index contributed by atoms with van der Waals surface area (Å²) in [5.41, 5.74) is 0.124. The molecule has 8 heteroatoms. The van der Waals surface area contributed by atoms with E-state index in [2.05, 4.69) is 5.32 Å². The van der Waals surface area contributed by atoms with E-state index in [0.717, 1.165) is 0 Å². The highest BCUT2D eigenvalue weighted by Crippen LogP contribution is 2.16. The van der Waals surface area contributed by atoms with Crippen molar-refractivity contribution in [3.05, 3.63) is 29.8 Å². The standard InChI is InChI=1S/C15H22N2O5S/c1-11-9-17(10-12(2)22-11)23(20,21)8-7-16-15(19)13-5-3-4-6-14(13)18/h3-6,11-12,18H,7-10H2,1-2H3,(H,16,19)/t11-,12-/m0/s1. The number of aromatic hydroxyl groups is 1. The van der Waals surface area contributed by atoms with Crippen LogP contribution in [0.3, 0.4) is 0 Å². The molecule has 1 heterocycles. The van der Waals surface area contributed by atoms with Gasteiger partial charge in [-0.2, -0.15) is 4.31 Å². The van der Waals surface area contributed by atoms with E-state index < -0.39 is 15.9 Å². The van der Waals surface area contributed by atoms with Gasteiger partial charge in [-0.1, -0.05) is 12.1 Å². The van der Waals surface area contributed by atoms with E-state index in [1.54, 1.807) is 12.1 Å². The lowest BCUT2D eigenvalue weighted by atomic mass is 10.2. The number of amides is 1. The molecule has 0 aromatic heterocycles. The molecule has 128 valence electrons. The molecule has 0 aliphatic carbocycles. The number of nitrogens with one attached hydrogen (secondary N) is 1. The van der Waals surface area contributed by atoms with Gasteiger partial charge in [0.2, 0.25) is 10.0 Å². The van der Waals surface area contributed by atoms with Crippen LogP contribution in [0.1, 0.15) is 24.2 Å². The third-order valence-electron chi connectivity index (χ3n) is 3.57. The molecule has 2 atom stereocenters. The summed E-state index contributed by atoms with van der Waals surface area (Å²) in [4.78, 5) is 11.9. The van der Waals surface area contributed by atoms with Crippen LogP contribution in [-0.2, 0) is 14.8 Å². The van der Waals surface area contributed by atoms with Crippen molar-refractivity contribution in [1.82, 2.24) is 9.62 Å². The smallest absolute Gasteiger partial charge is 0.255 e. The Balaban J connectivity index is 1.90. The molecular weight excluding hydrogens is 320 g/mol. The van der Waals surface area contributed by atoms with Gasteiger partial charge in [-0.15, -0.1) is 0 Å². The van der Waals surface area contributed by atoms with Crippen molar-refractivity contribution in [3.8, 4) is 5.75 Å². The van der Waals surface area contributed by atoms with E-state index in [0.29, 0.717) is 13.1 Å². The average molecular weight is 342 g/mol. The zero-order valence-electron chi connectivity index (χ0n) is 13.2. The van der Waals surface area contributed by atoms with Crippen LogP contribution < -0.4 is 5.32 Å². The van der Waals surface area contributed by atoms with Crippen LogP contribution in [0.15, 0.2) is 24.3 Å². The Bertz CT molecular complexity index is 652. The fourth-order valence-corrected chi connectivity index (χ4v) is 4.03. The number of phenols is 1. The molecule has 1 amide bonds. The Labute approximate surface area is 136 Å². The van der Waals surface area contributed by atoms with E-state index in [1.807, 2.05) is 13.8 Å². The highest BCUT2D eigenvalue weighted by molar-refractivity contribution is 7.89. The van der Waals surface area contributed by atoms with Crippen LogP contribution in [-0.4, -0.2) is 61.3 Å². The number of morpholine rings is 1. The van der Waals surface area contributed by atoms with Crippen molar-refractivity contribution in [2.45, 2.75) is 26.1 Å². The Morgan fingerprint density at radius 3 is 2.52 bits per heavy atom. The maximum absolute atomic E-state index is 12.3. The van der Waals surface area contributed by atoms with Gasteiger partial charge in [0, 0.05) is 19.6 Å². The first-order chi connectivity index (χ1) is 10.8. The maximum Gasteiger partial charge on any atom is 0.255 e.